The molecule has 6 heteroatoms. The number of fused-ring (bicyclic) bond motifs is 2. The average Bonchev–Trinajstić information content (AvgIpc) is 3.43. The normalized spacial score (nSPS) is 15.1. The summed E-state index contributed by atoms with van der Waals surface area (Å²) < 4.78 is 17.2. The van der Waals surface area contributed by atoms with Gasteiger partial charge in [0.2, 0.25) is 0 Å². The third-order valence-electron chi connectivity index (χ3n) is 6.03. The van der Waals surface area contributed by atoms with E-state index in [1.807, 2.05) is 30.5 Å². The molecule has 1 fully saturated rings. The van der Waals surface area contributed by atoms with Gasteiger partial charge in [0.1, 0.15) is 0 Å². The van der Waals surface area contributed by atoms with E-state index in [0.717, 1.165) is 72.5 Å². The van der Waals surface area contributed by atoms with Crippen molar-refractivity contribution in [3.8, 4) is 11.5 Å². The number of rotatable bonds is 7. The van der Waals surface area contributed by atoms with Crippen LogP contribution in [-0.4, -0.2) is 36.9 Å². The topological polar surface area (TPSA) is 72.3 Å². The van der Waals surface area contributed by atoms with Crippen LogP contribution in [0.1, 0.15) is 36.4 Å². The lowest BCUT2D eigenvalue weighted by Gasteiger charge is -2.23. The van der Waals surface area contributed by atoms with Crippen LogP contribution in [0.5, 0.6) is 11.5 Å². The van der Waals surface area contributed by atoms with Gasteiger partial charge in [0, 0.05) is 28.6 Å². The highest BCUT2D eigenvalue weighted by Gasteiger charge is 2.21. The first kappa shape index (κ1) is 19.0. The molecule has 1 aliphatic rings. The number of methoxy groups -OCH3 is 1. The van der Waals surface area contributed by atoms with Gasteiger partial charge in [-0.1, -0.05) is 17.3 Å². The number of aromatic amines is 1. The molecule has 30 heavy (non-hydrogen) atoms. The van der Waals surface area contributed by atoms with Crippen molar-refractivity contribution in [3.63, 3.8) is 0 Å². The van der Waals surface area contributed by atoms with Gasteiger partial charge in [-0.25, -0.2) is 0 Å². The van der Waals surface area contributed by atoms with Crippen LogP contribution in [0.3, 0.4) is 0 Å². The van der Waals surface area contributed by atoms with Crippen LogP contribution in [0.15, 0.2) is 47.1 Å². The molecular formula is C24H27N3O3. The van der Waals surface area contributed by atoms with Gasteiger partial charge in [-0.3, -0.25) is 0 Å². The third kappa shape index (κ3) is 3.63. The Bertz CT molecular complexity index is 1140. The summed E-state index contributed by atoms with van der Waals surface area (Å²) in [4.78, 5) is 3.22. The summed E-state index contributed by atoms with van der Waals surface area (Å²) in [7, 11) is 1.67. The Labute approximate surface area is 175 Å². The molecule has 2 N–H and O–H groups in total. The fourth-order valence-electron chi connectivity index (χ4n) is 4.48. The van der Waals surface area contributed by atoms with Crippen LogP contribution < -0.4 is 14.8 Å². The van der Waals surface area contributed by atoms with Crippen molar-refractivity contribution in [1.82, 2.24) is 15.5 Å². The first-order valence-corrected chi connectivity index (χ1v) is 10.7. The van der Waals surface area contributed by atoms with Crippen molar-refractivity contribution in [1.29, 1.82) is 0 Å². The van der Waals surface area contributed by atoms with Crippen molar-refractivity contribution in [2.45, 2.75) is 31.6 Å². The molecule has 3 heterocycles. The van der Waals surface area contributed by atoms with Crippen molar-refractivity contribution in [2.75, 3.05) is 26.8 Å². The average molecular weight is 405 g/mol. The van der Waals surface area contributed by atoms with E-state index in [-0.39, 0.29) is 0 Å². The molecule has 6 nitrogen and oxygen atoms in total. The van der Waals surface area contributed by atoms with Crippen molar-refractivity contribution >= 4 is 21.9 Å². The van der Waals surface area contributed by atoms with Gasteiger partial charge in [0.15, 0.2) is 17.1 Å². The molecule has 1 saturated heterocycles. The standard InChI is InChI=1S/C24H27N3O3/c1-28-22-14-17-9-12-26-20(17)15-23(22)29-13-3-5-19-24-18(16-7-10-25-11-8-16)4-2-6-21(24)30-27-19/h2,4,6,9,12,14-16,25-26H,3,5,7-8,10-11,13H2,1H3. The highest BCUT2D eigenvalue weighted by molar-refractivity contribution is 5.84. The number of ether oxygens (including phenoxy) is 2. The monoisotopic (exact) mass is 405 g/mol. The van der Waals surface area contributed by atoms with Crippen molar-refractivity contribution < 1.29 is 14.0 Å². The summed E-state index contributed by atoms with van der Waals surface area (Å²) in [6.07, 6.45) is 5.92. The molecule has 1 aliphatic heterocycles. The van der Waals surface area contributed by atoms with E-state index < -0.39 is 0 Å². The quantitative estimate of drug-likeness (QED) is 0.432. The van der Waals surface area contributed by atoms with E-state index in [0.29, 0.717) is 12.5 Å². The Hall–Kier alpha value is -2.99. The van der Waals surface area contributed by atoms with Gasteiger partial charge < -0.3 is 24.3 Å². The van der Waals surface area contributed by atoms with E-state index >= 15 is 0 Å². The summed E-state index contributed by atoms with van der Waals surface area (Å²) in [6, 6.07) is 12.4. The highest BCUT2D eigenvalue weighted by Crippen LogP contribution is 2.34. The van der Waals surface area contributed by atoms with E-state index in [9.17, 15) is 0 Å². The van der Waals surface area contributed by atoms with Crippen molar-refractivity contribution in [2.24, 2.45) is 0 Å². The Morgan fingerprint density at radius 3 is 2.90 bits per heavy atom. The minimum absolute atomic E-state index is 0.570. The lowest BCUT2D eigenvalue weighted by Crippen LogP contribution is -2.26. The number of piperidine rings is 1. The van der Waals surface area contributed by atoms with Gasteiger partial charge in [0.05, 0.1) is 19.4 Å². The number of aromatic nitrogens is 2. The summed E-state index contributed by atoms with van der Waals surface area (Å²) >= 11 is 0. The van der Waals surface area contributed by atoms with E-state index in [2.05, 4.69) is 27.6 Å². The largest absolute Gasteiger partial charge is 0.493 e. The minimum atomic E-state index is 0.570. The van der Waals surface area contributed by atoms with Crippen LogP contribution in [0.25, 0.3) is 21.9 Å². The number of H-pyrrole nitrogens is 1. The fraction of sp³-hybridized carbons (Fsp3) is 0.375. The summed E-state index contributed by atoms with van der Waals surface area (Å²) in [5.41, 5.74) is 4.35. The molecular weight excluding hydrogens is 378 g/mol. The Kier molecular flexibility index (Phi) is 5.32. The van der Waals surface area contributed by atoms with Crippen LogP contribution in [0.2, 0.25) is 0 Å². The number of nitrogens with one attached hydrogen (secondary N) is 2. The van der Waals surface area contributed by atoms with Crippen LogP contribution in [0.4, 0.5) is 0 Å². The number of aryl methyl sites for hydroxylation is 1. The SMILES string of the molecule is COc1cc2cc[nH]c2cc1OCCCc1noc2cccc(C3CCNCC3)c12. The second-order valence-electron chi connectivity index (χ2n) is 7.89. The van der Waals surface area contributed by atoms with Gasteiger partial charge in [-0.15, -0.1) is 0 Å². The molecule has 0 saturated carbocycles. The molecule has 156 valence electrons. The molecule has 0 atom stereocenters. The molecule has 2 aromatic carbocycles. The predicted octanol–water partition coefficient (Wildman–Crippen LogP) is 4.80. The molecule has 0 aliphatic carbocycles. The zero-order valence-corrected chi connectivity index (χ0v) is 17.2. The predicted molar refractivity (Wildman–Crippen MR) is 118 cm³/mol. The van der Waals surface area contributed by atoms with E-state index in [4.69, 9.17) is 14.0 Å². The first-order chi connectivity index (χ1) is 14.8. The number of benzene rings is 2. The maximum absolute atomic E-state index is 6.05. The zero-order valence-electron chi connectivity index (χ0n) is 17.2. The second kappa shape index (κ2) is 8.40. The number of nitrogens with zero attached hydrogens (tertiary/aromatic N) is 1. The van der Waals surface area contributed by atoms with Crippen LogP contribution in [-0.2, 0) is 6.42 Å². The van der Waals surface area contributed by atoms with Gasteiger partial charge in [-0.05, 0) is 68.5 Å². The zero-order chi connectivity index (χ0) is 20.3. The maximum atomic E-state index is 6.05. The summed E-state index contributed by atoms with van der Waals surface area (Å²) in [5.74, 6) is 2.08. The lowest BCUT2D eigenvalue weighted by molar-refractivity contribution is 0.289. The Balaban J connectivity index is 1.29. The molecule has 0 radical (unpaired) electrons. The van der Waals surface area contributed by atoms with Crippen LogP contribution in [0, 0.1) is 0 Å². The molecule has 0 unspecified atom stereocenters. The summed E-state index contributed by atoms with van der Waals surface area (Å²) in [5, 5.41) is 10.1. The van der Waals surface area contributed by atoms with E-state index in [1.165, 1.54) is 10.9 Å². The number of hydrogen-bond donors (Lipinski definition) is 2. The molecule has 2 aromatic heterocycles. The van der Waals surface area contributed by atoms with Gasteiger partial charge in [0.25, 0.3) is 0 Å². The first-order valence-electron chi connectivity index (χ1n) is 10.7. The maximum Gasteiger partial charge on any atom is 0.167 e. The Morgan fingerprint density at radius 1 is 1.13 bits per heavy atom. The summed E-state index contributed by atoms with van der Waals surface area (Å²) in [6.45, 7) is 2.73. The molecule has 0 amide bonds. The van der Waals surface area contributed by atoms with Gasteiger partial charge in [-0.2, -0.15) is 0 Å². The van der Waals surface area contributed by atoms with Gasteiger partial charge >= 0.3 is 0 Å². The fourth-order valence-corrected chi connectivity index (χ4v) is 4.48. The smallest absolute Gasteiger partial charge is 0.167 e. The second-order valence-corrected chi connectivity index (χ2v) is 7.89. The van der Waals surface area contributed by atoms with Crippen molar-refractivity contribution in [3.05, 3.63) is 53.9 Å². The number of hydrogen-bond acceptors (Lipinski definition) is 5. The van der Waals surface area contributed by atoms with E-state index in [1.54, 1.807) is 7.11 Å². The minimum Gasteiger partial charge on any atom is -0.493 e. The molecule has 0 spiro atoms. The van der Waals surface area contributed by atoms with Crippen LogP contribution >= 0.6 is 0 Å². The molecule has 4 aromatic rings. The Morgan fingerprint density at radius 2 is 2.03 bits per heavy atom. The third-order valence-corrected chi connectivity index (χ3v) is 6.03. The molecule has 0 bridgehead atoms. The highest BCUT2D eigenvalue weighted by atomic mass is 16.5. The molecule has 5 rings (SSSR count). The lowest BCUT2D eigenvalue weighted by atomic mass is 9.87.